The molecule has 0 fully saturated rings. The molecule has 0 aliphatic rings. The Hall–Kier alpha value is -2.37. The number of aromatic amines is 1. The molecule has 0 saturated carbocycles. The van der Waals surface area contributed by atoms with Gasteiger partial charge in [-0.3, -0.25) is 9.89 Å². The van der Waals surface area contributed by atoms with Crippen LogP contribution in [-0.2, 0) is 11.2 Å². The number of nitrogens with one attached hydrogen (secondary N) is 1. The number of aromatic nitrogens is 3. The molecule has 6 nitrogen and oxygen atoms in total. The van der Waals surface area contributed by atoms with Gasteiger partial charge in [0.25, 0.3) is 0 Å². The van der Waals surface area contributed by atoms with Crippen molar-refractivity contribution in [3.63, 3.8) is 0 Å². The Labute approximate surface area is 104 Å². The highest BCUT2D eigenvalue weighted by atomic mass is 16.4. The Morgan fingerprint density at radius 2 is 2.11 bits per heavy atom. The molecule has 0 spiro atoms. The summed E-state index contributed by atoms with van der Waals surface area (Å²) in [6, 6.07) is 9.88. The second-order valence-electron chi connectivity index (χ2n) is 3.99. The number of hydrogen-bond donors (Lipinski definition) is 2. The third-order valence-electron chi connectivity index (χ3n) is 2.45. The maximum atomic E-state index is 10.6. The van der Waals surface area contributed by atoms with Gasteiger partial charge in [0.15, 0.2) is 0 Å². The van der Waals surface area contributed by atoms with Gasteiger partial charge in [-0.2, -0.15) is 4.98 Å². The van der Waals surface area contributed by atoms with Gasteiger partial charge in [0, 0.05) is 13.5 Å². The van der Waals surface area contributed by atoms with Crippen LogP contribution in [0.15, 0.2) is 30.3 Å². The van der Waals surface area contributed by atoms with E-state index in [1.807, 2.05) is 30.3 Å². The number of aliphatic carboxylic acids is 1. The second-order valence-corrected chi connectivity index (χ2v) is 3.99. The van der Waals surface area contributed by atoms with Gasteiger partial charge in [0.05, 0.1) is 0 Å². The number of carboxylic acid groups (broad SMARTS) is 1. The van der Waals surface area contributed by atoms with Crippen LogP contribution in [0.25, 0.3) is 0 Å². The molecule has 0 bridgehead atoms. The highest BCUT2D eigenvalue weighted by Gasteiger charge is 2.11. The smallest absolute Gasteiger partial charge is 0.323 e. The summed E-state index contributed by atoms with van der Waals surface area (Å²) >= 11 is 0. The summed E-state index contributed by atoms with van der Waals surface area (Å²) in [6.07, 6.45) is 0.648. The van der Waals surface area contributed by atoms with Gasteiger partial charge in [0.2, 0.25) is 5.95 Å². The average molecular weight is 246 g/mol. The van der Waals surface area contributed by atoms with E-state index >= 15 is 0 Å². The summed E-state index contributed by atoms with van der Waals surface area (Å²) in [5, 5.41) is 15.5. The average Bonchev–Trinajstić information content (AvgIpc) is 2.78. The number of carboxylic acids is 1. The van der Waals surface area contributed by atoms with E-state index in [2.05, 4.69) is 15.2 Å². The summed E-state index contributed by atoms with van der Waals surface area (Å²) in [6.45, 7) is -0.122. The fraction of sp³-hybridized carbons (Fsp3) is 0.250. The number of carbonyl (C=O) groups is 1. The lowest BCUT2D eigenvalue weighted by molar-refractivity contribution is -0.135. The standard InChI is InChI=1S/C12H14N4O2/c1-16(8-11(17)18)12-13-10(14-15-12)7-9-5-3-2-4-6-9/h2-6H,7-8H2,1H3,(H,17,18)(H,13,14,15). The van der Waals surface area contributed by atoms with Gasteiger partial charge in [0.1, 0.15) is 12.4 Å². The topological polar surface area (TPSA) is 82.1 Å². The Morgan fingerprint density at radius 1 is 1.39 bits per heavy atom. The van der Waals surface area contributed by atoms with Crippen LogP contribution in [0.1, 0.15) is 11.4 Å². The zero-order chi connectivity index (χ0) is 13.0. The lowest BCUT2D eigenvalue weighted by atomic mass is 10.1. The molecule has 0 aliphatic carbocycles. The number of likely N-dealkylation sites (N-methyl/N-ethyl adjacent to an activating group) is 1. The first kappa shape index (κ1) is 12.1. The lowest BCUT2D eigenvalue weighted by Gasteiger charge is -2.10. The molecule has 0 radical (unpaired) electrons. The summed E-state index contributed by atoms with van der Waals surface area (Å²) in [5.74, 6) is 0.198. The van der Waals surface area contributed by atoms with E-state index < -0.39 is 5.97 Å². The zero-order valence-electron chi connectivity index (χ0n) is 10.00. The van der Waals surface area contributed by atoms with Crippen LogP contribution in [0.3, 0.4) is 0 Å². The van der Waals surface area contributed by atoms with Gasteiger partial charge in [-0.25, -0.2) is 0 Å². The van der Waals surface area contributed by atoms with Crippen molar-refractivity contribution in [2.24, 2.45) is 0 Å². The summed E-state index contributed by atoms with van der Waals surface area (Å²) in [7, 11) is 1.64. The monoisotopic (exact) mass is 246 g/mol. The third-order valence-corrected chi connectivity index (χ3v) is 2.45. The first-order valence-electron chi connectivity index (χ1n) is 5.53. The van der Waals surface area contributed by atoms with E-state index in [9.17, 15) is 4.79 Å². The maximum Gasteiger partial charge on any atom is 0.323 e. The predicted octanol–water partition coefficient (Wildman–Crippen LogP) is 0.916. The maximum absolute atomic E-state index is 10.6. The molecule has 0 atom stereocenters. The van der Waals surface area contributed by atoms with E-state index in [0.29, 0.717) is 18.2 Å². The number of anilines is 1. The molecule has 0 saturated heterocycles. The van der Waals surface area contributed by atoms with Crippen LogP contribution in [0, 0.1) is 0 Å². The van der Waals surface area contributed by atoms with Crippen molar-refractivity contribution >= 4 is 11.9 Å². The summed E-state index contributed by atoms with van der Waals surface area (Å²) in [5.41, 5.74) is 1.13. The molecule has 0 unspecified atom stereocenters. The molecule has 1 aromatic heterocycles. The normalized spacial score (nSPS) is 10.3. The molecular formula is C12H14N4O2. The Morgan fingerprint density at radius 3 is 2.78 bits per heavy atom. The SMILES string of the molecule is CN(CC(=O)O)c1n[nH]c(Cc2ccccc2)n1. The number of H-pyrrole nitrogens is 1. The van der Waals surface area contributed by atoms with Crippen LogP contribution in [-0.4, -0.2) is 39.8 Å². The van der Waals surface area contributed by atoms with E-state index in [1.165, 1.54) is 4.90 Å². The Balaban J connectivity index is 2.04. The largest absolute Gasteiger partial charge is 0.480 e. The second kappa shape index (κ2) is 5.31. The predicted molar refractivity (Wildman–Crippen MR) is 66.5 cm³/mol. The quantitative estimate of drug-likeness (QED) is 0.819. The fourth-order valence-corrected chi connectivity index (χ4v) is 1.60. The summed E-state index contributed by atoms with van der Waals surface area (Å²) in [4.78, 5) is 16.3. The molecule has 1 heterocycles. The first-order chi connectivity index (χ1) is 8.65. The molecule has 2 aromatic rings. The molecule has 18 heavy (non-hydrogen) atoms. The van der Waals surface area contributed by atoms with Crippen LogP contribution in [0.4, 0.5) is 5.95 Å². The molecule has 6 heteroatoms. The summed E-state index contributed by atoms with van der Waals surface area (Å²) < 4.78 is 0. The van der Waals surface area contributed by atoms with E-state index in [1.54, 1.807) is 7.05 Å². The van der Waals surface area contributed by atoms with Gasteiger partial charge >= 0.3 is 5.97 Å². The number of rotatable bonds is 5. The van der Waals surface area contributed by atoms with Crippen molar-refractivity contribution in [2.45, 2.75) is 6.42 Å². The first-order valence-corrected chi connectivity index (χ1v) is 5.53. The molecule has 2 rings (SSSR count). The van der Waals surface area contributed by atoms with Crippen LogP contribution >= 0.6 is 0 Å². The van der Waals surface area contributed by atoms with Crippen LogP contribution < -0.4 is 4.90 Å². The lowest BCUT2D eigenvalue weighted by Crippen LogP contribution is -2.26. The van der Waals surface area contributed by atoms with Gasteiger partial charge < -0.3 is 10.0 Å². The van der Waals surface area contributed by atoms with Crippen molar-refractivity contribution in [1.82, 2.24) is 15.2 Å². The van der Waals surface area contributed by atoms with Gasteiger partial charge in [-0.05, 0) is 5.56 Å². The molecular weight excluding hydrogens is 232 g/mol. The van der Waals surface area contributed by atoms with Crippen molar-refractivity contribution < 1.29 is 9.90 Å². The van der Waals surface area contributed by atoms with Gasteiger partial charge in [-0.1, -0.05) is 30.3 Å². The molecule has 1 aromatic carbocycles. The number of hydrogen-bond acceptors (Lipinski definition) is 4. The highest BCUT2D eigenvalue weighted by molar-refractivity contribution is 5.72. The van der Waals surface area contributed by atoms with Crippen molar-refractivity contribution in [3.05, 3.63) is 41.7 Å². The third kappa shape index (κ3) is 3.07. The van der Waals surface area contributed by atoms with Crippen LogP contribution in [0.2, 0.25) is 0 Å². The zero-order valence-corrected chi connectivity index (χ0v) is 10.00. The van der Waals surface area contributed by atoms with E-state index in [4.69, 9.17) is 5.11 Å². The Bertz CT molecular complexity index is 524. The van der Waals surface area contributed by atoms with E-state index in [0.717, 1.165) is 5.56 Å². The Kier molecular flexibility index (Phi) is 3.57. The fourth-order valence-electron chi connectivity index (χ4n) is 1.60. The van der Waals surface area contributed by atoms with Crippen LogP contribution in [0.5, 0.6) is 0 Å². The molecule has 2 N–H and O–H groups in total. The molecule has 0 aliphatic heterocycles. The van der Waals surface area contributed by atoms with E-state index in [-0.39, 0.29) is 6.54 Å². The highest BCUT2D eigenvalue weighted by Crippen LogP contribution is 2.08. The minimum absolute atomic E-state index is 0.122. The molecule has 0 amide bonds. The van der Waals surface area contributed by atoms with Crippen molar-refractivity contribution in [3.8, 4) is 0 Å². The minimum atomic E-state index is -0.910. The molecule has 94 valence electrons. The van der Waals surface area contributed by atoms with Crippen molar-refractivity contribution in [1.29, 1.82) is 0 Å². The minimum Gasteiger partial charge on any atom is -0.480 e. The number of benzene rings is 1. The van der Waals surface area contributed by atoms with Crippen molar-refractivity contribution in [2.75, 3.05) is 18.5 Å². The van der Waals surface area contributed by atoms with Gasteiger partial charge in [-0.15, -0.1) is 5.10 Å². The number of nitrogens with zero attached hydrogens (tertiary/aromatic N) is 3.